The molecule has 0 atom stereocenters. The lowest BCUT2D eigenvalue weighted by Gasteiger charge is -2.18. The van der Waals surface area contributed by atoms with Crippen molar-refractivity contribution in [3.8, 4) is 5.75 Å². The minimum atomic E-state index is -0.348. The molecule has 0 radical (unpaired) electrons. The van der Waals surface area contributed by atoms with Crippen LogP contribution in [0.5, 0.6) is 5.75 Å². The highest BCUT2D eigenvalue weighted by atomic mass is 16.3. The Hall–Kier alpha value is -2.30. The lowest BCUT2D eigenvalue weighted by molar-refractivity contribution is 0.102. The molecule has 1 aromatic carbocycles. The number of amides is 1. The number of hydrogen-bond acceptors (Lipinski definition) is 3. The molecule has 2 aromatic rings. The number of rotatable bonds is 2. The van der Waals surface area contributed by atoms with E-state index >= 15 is 0 Å². The second kappa shape index (κ2) is 5.00. The van der Waals surface area contributed by atoms with Gasteiger partial charge in [-0.15, -0.1) is 0 Å². The Morgan fingerprint density at radius 2 is 2.05 bits per heavy atom. The van der Waals surface area contributed by atoms with Crippen LogP contribution in [0.4, 0.5) is 5.69 Å². The summed E-state index contributed by atoms with van der Waals surface area (Å²) in [4.78, 5) is 12.1. The second-order valence-corrected chi connectivity index (χ2v) is 5.82. The molecule has 0 spiro atoms. The second-order valence-electron chi connectivity index (χ2n) is 5.82. The van der Waals surface area contributed by atoms with Crippen LogP contribution >= 0.6 is 0 Å². The van der Waals surface area contributed by atoms with Gasteiger partial charge in [0.1, 0.15) is 5.75 Å². The highest BCUT2D eigenvalue weighted by molar-refractivity contribution is 6.06. The summed E-state index contributed by atoms with van der Waals surface area (Å²) in [6.07, 6.45) is 3.36. The van der Waals surface area contributed by atoms with Crippen LogP contribution in [0.3, 0.4) is 0 Å². The monoisotopic (exact) mass is 273 g/mol. The van der Waals surface area contributed by atoms with Gasteiger partial charge in [-0.2, -0.15) is 5.10 Å². The third-order valence-corrected chi connectivity index (χ3v) is 2.92. The summed E-state index contributed by atoms with van der Waals surface area (Å²) in [6.45, 7) is 7.95. The SMILES string of the molecule is Cc1ccc(O)c(C(=O)Nc2cnn(C(C)(C)C)c2)c1. The number of phenols is 1. The van der Waals surface area contributed by atoms with Crippen molar-refractivity contribution in [2.24, 2.45) is 0 Å². The number of anilines is 1. The van der Waals surface area contributed by atoms with E-state index in [-0.39, 0.29) is 22.8 Å². The van der Waals surface area contributed by atoms with Crippen molar-refractivity contribution in [1.29, 1.82) is 0 Å². The van der Waals surface area contributed by atoms with Gasteiger partial charge in [0.2, 0.25) is 0 Å². The van der Waals surface area contributed by atoms with Gasteiger partial charge in [0.25, 0.3) is 5.91 Å². The maximum absolute atomic E-state index is 12.1. The molecule has 0 fully saturated rings. The summed E-state index contributed by atoms with van der Waals surface area (Å²) >= 11 is 0. The van der Waals surface area contributed by atoms with E-state index in [1.54, 1.807) is 29.2 Å². The number of nitrogens with one attached hydrogen (secondary N) is 1. The highest BCUT2D eigenvalue weighted by Crippen LogP contribution is 2.21. The third kappa shape index (κ3) is 2.99. The van der Waals surface area contributed by atoms with E-state index in [4.69, 9.17) is 0 Å². The van der Waals surface area contributed by atoms with Gasteiger partial charge in [0.05, 0.1) is 23.0 Å². The molecule has 5 heteroatoms. The van der Waals surface area contributed by atoms with E-state index < -0.39 is 0 Å². The topological polar surface area (TPSA) is 67.2 Å². The lowest BCUT2D eigenvalue weighted by atomic mass is 10.1. The molecule has 0 saturated carbocycles. The molecule has 5 nitrogen and oxygen atoms in total. The van der Waals surface area contributed by atoms with Crippen molar-refractivity contribution in [1.82, 2.24) is 9.78 Å². The number of aromatic hydroxyl groups is 1. The van der Waals surface area contributed by atoms with Crippen molar-refractivity contribution in [3.63, 3.8) is 0 Å². The summed E-state index contributed by atoms with van der Waals surface area (Å²) in [5.74, 6) is -0.379. The van der Waals surface area contributed by atoms with Crippen LogP contribution in [-0.4, -0.2) is 20.8 Å². The van der Waals surface area contributed by atoms with Crippen LogP contribution in [0.1, 0.15) is 36.7 Å². The molecule has 2 rings (SSSR count). The zero-order chi connectivity index (χ0) is 14.9. The molecule has 0 aliphatic rings. The molecule has 20 heavy (non-hydrogen) atoms. The molecule has 1 heterocycles. The summed E-state index contributed by atoms with van der Waals surface area (Å²) < 4.78 is 1.78. The molecule has 0 bridgehead atoms. The number of aryl methyl sites for hydroxylation is 1. The smallest absolute Gasteiger partial charge is 0.259 e. The Morgan fingerprint density at radius 3 is 2.65 bits per heavy atom. The van der Waals surface area contributed by atoms with Gasteiger partial charge in [-0.25, -0.2) is 0 Å². The van der Waals surface area contributed by atoms with Crippen LogP contribution in [0.15, 0.2) is 30.6 Å². The number of aromatic nitrogens is 2. The van der Waals surface area contributed by atoms with E-state index in [2.05, 4.69) is 10.4 Å². The largest absolute Gasteiger partial charge is 0.507 e. The van der Waals surface area contributed by atoms with Gasteiger partial charge >= 0.3 is 0 Å². The Bertz CT molecular complexity index is 639. The summed E-state index contributed by atoms with van der Waals surface area (Å²) in [5.41, 5.74) is 1.63. The van der Waals surface area contributed by atoms with Gasteiger partial charge in [-0.1, -0.05) is 11.6 Å². The van der Waals surface area contributed by atoms with Crippen LogP contribution in [-0.2, 0) is 5.54 Å². The molecule has 2 N–H and O–H groups in total. The molecular weight excluding hydrogens is 254 g/mol. The van der Waals surface area contributed by atoms with E-state index in [1.807, 2.05) is 27.7 Å². The Labute approximate surface area is 118 Å². The van der Waals surface area contributed by atoms with Crippen LogP contribution in [0.25, 0.3) is 0 Å². The minimum absolute atomic E-state index is 0.0312. The van der Waals surface area contributed by atoms with E-state index in [1.165, 1.54) is 6.07 Å². The summed E-state index contributed by atoms with van der Waals surface area (Å²) in [6, 6.07) is 4.92. The minimum Gasteiger partial charge on any atom is -0.507 e. The number of hydrogen-bond donors (Lipinski definition) is 2. The fourth-order valence-corrected chi connectivity index (χ4v) is 1.78. The van der Waals surface area contributed by atoms with Gasteiger partial charge < -0.3 is 10.4 Å². The maximum Gasteiger partial charge on any atom is 0.259 e. The van der Waals surface area contributed by atoms with Crippen LogP contribution < -0.4 is 5.32 Å². The number of nitrogens with zero attached hydrogens (tertiary/aromatic N) is 2. The van der Waals surface area contributed by atoms with Crippen LogP contribution in [0.2, 0.25) is 0 Å². The summed E-state index contributed by atoms with van der Waals surface area (Å²) in [7, 11) is 0. The quantitative estimate of drug-likeness (QED) is 0.884. The summed E-state index contributed by atoms with van der Waals surface area (Å²) in [5, 5.41) is 16.7. The van der Waals surface area contributed by atoms with Gasteiger partial charge in [0, 0.05) is 6.20 Å². The Kier molecular flexibility index (Phi) is 3.53. The first kappa shape index (κ1) is 14.1. The number of benzene rings is 1. The Morgan fingerprint density at radius 1 is 1.35 bits per heavy atom. The number of carbonyl (C=O) groups excluding carboxylic acids is 1. The molecule has 0 aliphatic heterocycles. The predicted octanol–water partition coefficient (Wildman–Crippen LogP) is 2.90. The fourth-order valence-electron chi connectivity index (χ4n) is 1.78. The van der Waals surface area contributed by atoms with Crippen molar-refractivity contribution in [2.45, 2.75) is 33.2 Å². The average Bonchev–Trinajstić information content (AvgIpc) is 2.80. The standard InChI is InChI=1S/C15H19N3O2/c1-10-5-6-13(19)12(7-10)14(20)17-11-8-16-18(9-11)15(2,3)4/h5-9,19H,1-4H3,(H,17,20). The molecule has 0 unspecified atom stereocenters. The molecule has 0 aliphatic carbocycles. The highest BCUT2D eigenvalue weighted by Gasteiger charge is 2.16. The zero-order valence-electron chi connectivity index (χ0n) is 12.1. The molecule has 0 saturated heterocycles. The molecule has 1 amide bonds. The van der Waals surface area contributed by atoms with Gasteiger partial charge in [-0.3, -0.25) is 9.48 Å². The van der Waals surface area contributed by atoms with Gasteiger partial charge in [0.15, 0.2) is 0 Å². The van der Waals surface area contributed by atoms with Crippen molar-refractivity contribution in [2.75, 3.05) is 5.32 Å². The lowest BCUT2D eigenvalue weighted by Crippen LogP contribution is -2.22. The maximum atomic E-state index is 12.1. The predicted molar refractivity (Wildman–Crippen MR) is 78.0 cm³/mol. The third-order valence-electron chi connectivity index (χ3n) is 2.92. The zero-order valence-corrected chi connectivity index (χ0v) is 12.1. The number of carbonyl (C=O) groups is 1. The Balaban J connectivity index is 2.20. The first-order chi connectivity index (χ1) is 9.27. The molecular formula is C15H19N3O2. The van der Waals surface area contributed by atoms with E-state index in [9.17, 15) is 9.90 Å². The molecule has 106 valence electrons. The van der Waals surface area contributed by atoms with E-state index in [0.717, 1.165) is 5.56 Å². The normalized spacial score (nSPS) is 11.4. The van der Waals surface area contributed by atoms with Crippen molar-refractivity contribution < 1.29 is 9.90 Å². The van der Waals surface area contributed by atoms with Gasteiger partial charge in [-0.05, 0) is 39.8 Å². The average molecular weight is 273 g/mol. The first-order valence-electron chi connectivity index (χ1n) is 6.43. The van der Waals surface area contributed by atoms with E-state index in [0.29, 0.717) is 5.69 Å². The fraction of sp³-hybridized carbons (Fsp3) is 0.333. The van der Waals surface area contributed by atoms with Crippen molar-refractivity contribution >= 4 is 11.6 Å². The first-order valence-corrected chi connectivity index (χ1v) is 6.43. The van der Waals surface area contributed by atoms with Crippen LogP contribution in [0, 0.1) is 6.92 Å². The van der Waals surface area contributed by atoms with Crippen molar-refractivity contribution in [3.05, 3.63) is 41.7 Å². The molecule has 1 aromatic heterocycles. The number of phenolic OH excluding ortho intramolecular Hbond substituents is 1.